The predicted molar refractivity (Wildman–Crippen MR) is 82.4 cm³/mol. The van der Waals surface area contributed by atoms with E-state index < -0.39 is 5.60 Å². The topological polar surface area (TPSA) is 40.8 Å². The van der Waals surface area contributed by atoms with E-state index in [9.17, 15) is 0 Å². The zero-order valence-electron chi connectivity index (χ0n) is 12.9. The summed E-state index contributed by atoms with van der Waals surface area (Å²) in [5.41, 5.74) is 0.764. The van der Waals surface area contributed by atoms with Crippen molar-refractivity contribution in [3.63, 3.8) is 0 Å². The molecule has 0 spiro atoms. The Hall–Kier alpha value is -1.62. The van der Waals surface area contributed by atoms with Gasteiger partial charge >= 0.3 is 0 Å². The predicted octanol–water partition coefficient (Wildman–Crippen LogP) is 3.56. The third-order valence-corrected chi connectivity index (χ3v) is 3.79. The monoisotopic (exact) mass is 302 g/mol. The van der Waals surface area contributed by atoms with Crippen LogP contribution in [0.4, 0.5) is 0 Å². The van der Waals surface area contributed by atoms with Crippen LogP contribution in [0.15, 0.2) is 53.1 Å². The summed E-state index contributed by atoms with van der Waals surface area (Å²) in [6, 6.07) is 14.0. The fraction of sp³-hybridized carbons (Fsp3) is 0.444. The highest BCUT2D eigenvalue weighted by Gasteiger charge is 2.33. The highest BCUT2D eigenvalue weighted by molar-refractivity contribution is 5.13. The van der Waals surface area contributed by atoms with Crippen LogP contribution < -0.4 is 0 Å². The summed E-state index contributed by atoms with van der Waals surface area (Å²) < 4.78 is 22.9. The molecule has 4 nitrogen and oxygen atoms in total. The van der Waals surface area contributed by atoms with Crippen molar-refractivity contribution >= 4 is 0 Å². The van der Waals surface area contributed by atoms with Crippen LogP contribution in [0, 0.1) is 0 Å². The van der Waals surface area contributed by atoms with Gasteiger partial charge in [-0.15, -0.1) is 0 Å². The van der Waals surface area contributed by atoms with Crippen molar-refractivity contribution in [1.29, 1.82) is 0 Å². The zero-order chi connectivity index (χ0) is 15.3. The maximum atomic E-state index is 5.99. The van der Waals surface area contributed by atoms with Crippen molar-refractivity contribution in [2.75, 3.05) is 13.2 Å². The molecule has 1 aromatic heterocycles. The SMILES string of the molecule is CC1(OCc2ccccc2)COC(CCc2ccco2)OC1. The Labute approximate surface area is 131 Å². The van der Waals surface area contributed by atoms with Gasteiger partial charge in [-0.2, -0.15) is 0 Å². The number of rotatable bonds is 6. The van der Waals surface area contributed by atoms with E-state index in [2.05, 4.69) is 12.1 Å². The molecule has 0 saturated carbocycles. The van der Waals surface area contributed by atoms with Gasteiger partial charge in [-0.25, -0.2) is 0 Å². The Morgan fingerprint density at radius 3 is 2.55 bits per heavy atom. The van der Waals surface area contributed by atoms with Crippen molar-refractivity contribution in [2.24, 2.45) is 0 Å². The highest BCUT2D eigenvalue weighted by atomic mass is 16.7. The normalized spacial score (nSPS) is 25.2. The van der Waals surface area contributed by atoms with Gasteiger partial charge in [0.15, 0.2) is 6.29 Å². The lowest BCUT2D eigenvalue weighted by molar-refractivity contribution is -0.264. The molecule has 1 fully saturated rings. The van der Waals surface area contributed by atoms with E-state index in [0.717, 1.165) is 24.2 Å². The average molecular weight is 302 g/mol. The molecule has 2 heterocycles. The van der Waals surface area contributed by atoms with Gasteiger partial charge in [0.1, 0.15) is 11.4 Å². The molecule has 4 heteroatoms. The van der Waals surface area contributed by atoms with Crippen molar-refractivity contribution in [1.82, 2.24) is 0 Å². The van der Waals surface area contributed by atoms with Crippen LogP contribution in [0.5, 0.6) is 0 Å². The van der Waals surface area contributed by atoms with Crippen LogP contribution in [0.1, 0.15) is 24.7 Å². The van der Waals surface area contributed by atoms with Crippen molar-refractivity contribution in [2.45, 2.75) is 38.3 Å². The van der Waals surface area contributed by atoms with Gasteiger partial charge in [-0.1, -0.05) is 30.3 Å². The van der Waals surface area contributed by atoms with Gasteiger partial charge in [-0.3, -0.25) is 0 Å². The van der Waals surface area contributed by atoms with Crippen molar-refractivity contribution < 1.29 is 18.6 Å². The second kappa shape index (κ2) is 7.09. The maximum absolute atomic E-state index is 5.99. The molecule has 1 aliphatic heterocycles. The summed E-state index contributed by atoms with van der Waals surface area (Å²) in [5, 5.41) is 0. The molecule has 0 N–H and O–H groups in total. The smallest absolute Gasteiger partial charge is 0.158 e. The molecule has 0 amide bonds. The molecule has 1 saturated heterocycles. The summed E-state index contributed by atoms with van der Waals surface area (Å²) in [6.45, 7) is 3.69. The Morgan fingerprint density at radius 2 is 1.86 bits per heavy atom. The van der Waals surface area contributed by atoms with E-state index in [-0.39, 0.29) is 6.29 Å². The average Bonchev–Trinajstić information content (AvgIpc) is 3.07. The van der Waals surface area contributed by atoms with E-state index in [1.54, 1.807) is 6.26 Å². The summed E-state index contributed by atoms with van der Waals surface area (Å²) in [6.07, 6.45) is 3.12. The lowest BCUT2D eigenvalue weighted by Crippen LogP contribution is -2.47. The minimum absolute atomic E-state index is 0.182. The first-order valence-electron chi connectivity index (χ1n) is 7.67. The molecule has 0 atom stereocenters. The zero-order valence-corrected chi connectivity index (χ0v) is 12.9. The van der Waals surface area contributed by atoms with Gasteiger partial charge in [0.25, 0.3) is 0 Å². The fourth-order valence-corrected chi connectivity index (χ4v) is 2.42. The minimum Gasteiger partial charge on any atom is -0.469 e. The van der Waals surface area contributed by atoms with E-state index in [1.165, 1.54) is 0 Å². The molecule has 2 aromatic rings. The molecule has 1 aliphatic rings. The second-order valence-corrected chi connectivity index (χ2v) is 5.89. The van der Waals surface area contributed by atoms with E-state index in [1.807, 2.05) is 37.3 Å². The largest absolute Gasteiger partial charge is 0.469 e. The number of benzene rings is 1. The van der Waals surface area contributed by atoms with E-state index >= 15 is 0 Å². The second-order valence-electron chi connectivity index (χ2n) is 5.89. The van der Waals surface area contributed by atoms with Crippen LogP contribution >= 0.6 is 0 Å². The minimum atomic E-state index is -0.392. The number of furan rings is 1. The number of ether oxygens (including phenoxy) is 3. The molecular weight excluding hydrogens is 280 g/mol. The van der Waals surface area contributed by atoms with E-state index in [0.29, 0.717) is 19.8 Å². The van der Waals surface area contributed by atoms with Crippen LogP contribution in [0.2, 0.25) is 0 Å². The van der Waals surface area contributed by atoms with Gasteiger partial charge in [0, 0.05) is 12.8 Å². The summed E-state index contributed by atoms with van der Waals surface area (Å²) >= 11 is 0. The number of hydrogen-bond donors (Lipinski definition) is 0. The molecule has 22 heavy (non-hydrogen) atoms. The van der Waals surface area contributed by atoms with Crippen LogP contribution in [-0.4, -0.2) is 25.1 Å². The molecule has 118 valence electrons. The maximum Gasteiger partial charge on any atom is 0.158 e. The van der Waals surface area contributed by atoms with Crippen LogP contribution in [-0.2, 0) is 27.2 Å². The first-order chi connectivity index (χ1) is 10.7. The Balaban J connectivity index is 1.42. The molecule has 0 bridgehead atoms. The van der Waals surface area contributed by atoms with Gasteiger partial charge in [0.2, 0.25) is 0 Å². The van der Waals surface area contributed by atoms with Crippen molar-refractivity contribution in [3.8, 4) is 0 Å². The molecule has 0 unspecified atom stereocenters. The quantitative estimate of drug-likeness (QED) is 0.818. The number of hydrogen-bond acceptors (Lipinski definition) is 4. The Morgan fingerprint density at radius 1 is 1.09 bits per heavy atom. The van der Waals surface area contributed by atoms with Crippen LogP contribution in [0.3, 0.4) is 0 Å². The molecule has 0 radical (unpaired) electrons. The number of aryl methyl sites for hydroxylation is 1. The standard InChI is InChI=1S/C18H22O4/c1-18(22-12-15-6-3-2-4-7-15)13-20-17(21-14-18)10-9-16-8-5-11-19-16/h2-8,11,17H,9-10,12-14H2,1H3. The summed E-state index contributed by atoms with van der Waals surface area (Å²) in [5.74, 6) is 0.959. The molecule has 0 aliphatic carbocycles. The third kappa shape index (κ3) is 4.19. The van der Waals surface area contributed by atoms with Crippen molar-refractivity contribution in [3.05, 3.63) is 60.1 Å². The molecule has 1 aromatic carbocycles. The van der Waals surface area contributed by atoms with Gasteiger partial charge in [0.05, 0.1) is 26.1 Å². The fourth-order valence-electron chi connectivity index (χ4n) is 2.42. The van der Waals surface area contributed by atoms with Gasteiger partial charge < -0.3 is 18.6 Å². The Kier molecular flexibility index (Phi) is 4.93. The lowest BCUT2D eigenvalue weighted by atomic mass is 10.1. The summed E-state index contributed by atoms with van der Waals surface area (Å²) in [7, 11) is 0. The first kappa shape index (κ1) is 15.3. The first-order valence-corrected chi connectivity index (χ1v) is 7.67. The van der Waals surface area contributed by atoms with E-state index in [4.69, 9.17) is 18.6 Å². The Bertz CT molecular complexity index is 542. The lowest BCUT2D eigenvalue weighted by Gasteiger charge is -2.37. The molecular formula is C18H22O4. The van der Waals surface area contributed by atoms with Crippen LogP contribution in [0.25, 0.3) is 0 Å². The van der Waals surface area contributed by atoms with Gasteiger partial charge in [-0.05, 0) is 24.6 Å². The third-order valence-electron chi connectivity index (χ3n) is 3.79. The highest BCUT2D eigenvalue weighted by Crippen LogP contribution is 2.23. The summed E-state index contributed by atoms with van der Waals surface area (Å²) in [4.78, 5) is 0. The molecule has 3 rings (SSSR count).